The number of fused-ring (bicyclic) bond motifs is 1. The van der Waals surface area contributed by atoms with Crippen LogP contribution in [0.4, 0.5) is 5.82 Å². The van der Waals surface area contributed by atoms with E-state index < -0.39 is 10.0 Å². The van der Waals surface area contributed by atoms with E-state index in [4.69, 9.17) is 4.42 Å². The molecule has 1 aliphatic carbocycles. The molecule has 1 N–H and O–H groups in total. The summed E-state index contributed by atoms with van der Waals surface area (Å²) in [4.78, 5) is 6.44. The highest BCUT2D eigenvalue weighted by Gasteiger charge is 2.37. The van der Waals surface area contributed by atoms with Crippen molar-refractivity contribution in [1.29, 1.82) is 0 Å². The van der Waals surface area contributed by atoms with Gasteiger partial charge in [0, 0.05) is 25.3 Å². The molecule has 0 aromatic carbocycles. The fourth-order valence-electron chi connectivity index (χ4n) is 2.84. The molecule has 0 radical (unpaired) electrons. The molecule has 0 unspecified atom stereocenters. The molecule has 6 nitrogen and oxygen atoms in total. The van der Waals surface area contributed by atoms with Gasteiger partial charge in [0.15, 0.2) is 0 Å². The smallest absolute Gasteiger partial charge is 0.216 e. The zero-order valence-corrected chi connectivity index (χ0v) is 12.3. The molecule has 2 aromatic heterocycles. The molecule has 2 aromatic rings. The number of nitrogens with one attached hydrogen (secondary N) is 1. The first-order valence-corrected chi connectivity index (χ1v) is 8.76. The standard InChI is InChI=1S/C14H17N3O3S/c18-21(19,16-10-1-2-10)11-4-7-17(9-11)14-12-5-8-20-13(12)3-6-15-14/h3,5-6,8,10-11,16H,1-2,4,7,9H2/t11-/m0/s1. The van der Waals surface area contributed by atoms with E-state index in [9.17, 15) is 8.42 Å². The van der Waals surface area contributed by atoms with E-state index in [0.717, 1.165) is 29.6 Å². The minimum absolute atomic E-state index is 0.166. The Balaban J connectivity index is 1.57. The van der Waals surface area contributed by atoms with Gasteiger partial charge in [0.1, 0.15) is 11.4 Å². The summed E-state index contributed by atoms with van der Waals surface area (Å²) in [5.41, 5.74) is 0.780. The maximum absolute atomic E-state index is 12.3. The lowest BCUT2D eigenvalue weighted by Gasteiger charge is -2.18. The Morgan fingerprint density at radius 3 is 2.95 bits per heavy atom. The molecule has 3 heterocycles. The van der Waals surface area contributed by atoms with Gasteiger partial charge in [-0.3, -0.25) is 0 Å². The van der Waals surface area contributed by atoms with Gasteiger partial charge in [-0.05, 0) is 31.4 Å². The fraction of sp³-hybridized carbons (Fsp3) is 0.500. The number of hydrogen-bond acceptors (Lipinski definition) is 5. The quantitative estimate of drug-likeness (QED) is 0.926. The van der Waals surface area contributed by atoms with E-state index in [1.54, 1.807) is 12.5 Å². The van der Waals surface area contributed by atoms with E-state index in [-0.39, 0.29) is 11.3 Å². The van der Waals surface area contributed by atoms with Crippen LogP contribution in [-0.2, 0) is 10.0 Å². The number of nitrogens with zero attached hydrogens (tertiary/aromatic N) is 2. The van der Waals surface area contributed by atoms with Crippen molar-refractivity contribution >= 4 is 26.8 Å². The minimum Gasteiger partial charge on any atom is -0.464 e. The maximum atomic E-state index is 12.3. The molecular formula is C14H17N3O3S. The summed E-state index contributed by atoms with van der Waals surface area (Å²) in [5.74, 6) is 0.811. The number of pyridine rings is 1. The third-order valence-electron chi connectivity index (χ3n) is 4.15. The summed E-state index contributed by atoms with van der Waals surface area (Å²) >= 11 is 0. The topological polar surface area (TPSA) is 75.4 Å². The van der Waals surface area contributed by atoms with Crippen molar-refractivity contribution in [1.82, 2.24) is 9.71 Å². The normalized spacial score (nSPS) is 23.0. The van der Waals surface area contributed by atoms with E-state index in [1.807, 2.05) is 17.0 Å². The van der Waals surface area contributed by atoms with Crippen molar-refractivity contribution < 1.29 is 12.8 Å². The molecule has 4 rings (SSSR count). The van der Waals surface area contributed by atoms with Crippen molar-refractivity contribution in [3.8, 4) is 0 Å². The number of hydrogen-bond donors (Lipinski definition) is 1. The molecule has 1 saturated heterocycles. The average molecular weight is 307 g/mol. The largest absolute Gasteiger partial charge is 0.464 e. The van der Waals surface area contributed by atoms with Crippen LogP contribution in [0.15, 0.2) is 29.0 Å². The van der Waals surface area contributed by atoms with Gasteiger partial charge in [-0.1, -0.05) is 0 Å². The van der Waals surface area contributed by atoms with Gasteiger partial charge in [-0.15, -0.1) is 0 Å². The first-order chi connectivity index (χ1) is 10.1. The van der Waals surface area contributed by atoms with E-state index in [1.165, 1.54) is 0 Å². The summed E-state index contributed by atoms with van der Waals surface area (Å²) in [7, 11) is -3.22. The molecule has 21 heavy (non-hydrogen) atoms. The highest BCUT2D eigenvalue weighted by atomic mass is 32.2. The third kappa shape index (κ3) is 2.40. The third-order valence-corrected chi connectivity index (χ3v) is 6.07. The van der Waals surface area contributed by atoms with Gasteiger partial charge in [0.2, 0.25) is 10.0 Å². The Kier molecular flexibility index (Phi) is 2.93. The molecule has 0 amide bonds. The van der Waals surface area contributed by atoms with Crippen LogP contribution in [0, 0.1) is 0 Å². The Bertz CT molecular complexity index is 767. The second-order valence-corrected chi connectivity index (χ2v) is 7.75. The lowest BCUT2D eigenvalue weighted by molar-refractivity contribution is 0.568. The predicted octanol–water partition coefficient (Wildman–Crippen LogP) is 1.49. The highest BCUT2D eigenvalue weighted by Crippen LogP contribution is 2.30. The molecule has 1 saturated carbocycles. The van der Waals surface area contributed by atoms with Crippen LogP contribution in [0.5, 0.6) is 0 Å². The second kappa shape index (κ2) is 4.71. The molecule has 1 atom stereocenters. The molecule has 2 aliphatic rings. The minimum atomic E-state index is -3.22. The SMILES string of the molecule is O=S(=O)(NC1CC1)[C@H]1CCN(c2nccc3occc23)C1. The molecule has 112 valence electrons. The van der Waals surface area contributed by atoms with Crippen molar-refractivity contribution in [3.63, 3.8) is 0 Å². The monoisotopic (exact) mass is 307 g/mol. The second-order valence-electron chi connectivity index (χ2n) is 5.76. The summed E-state index contributed by atoms with van der Waals surface area (Å²) in [6.07, 6.45) is 5.90. The fourth-order valence-corrected chi connectivity index (χ4v) is 4.52. The van der Waals surface area contributed by atoms with Crippen LogP contribution in [0.25, 0.3) is 11.0 Å². The summed E-state index contributed by atoms with van der Waals surface area (Å²) in [5, 5.41) is 0.577. The molecule has 2 fully saturated rings. The molecule has 0 spiro atoms. The van der Waals surface area contributed by atoms with Crippen LogP contribution in [-0.4, -0.2) is 37.8 Å². The number of aromatic nitrogens is 1. The van der Waals surface area contributed by atoms with Gasteiger partial charge in [0.25, 0.3) is 0 Å². The van der Waals surface area contributed by atoms with E-state index >= 15 is 0 Å². The van der Waals surface area contributed by atoms with Crippen LogP contribution < -0.4 is 9.62 Å². The zero-order valence-electron chi connectivity index (χ0n) is 11.5. The molecule has 7 heteroatoms. The van der Waals surface area contributed by atoms with Crippen molar-refractivity contribution in [2.75, 3.05) is 18.0 Å². The van der Waals surface area contributed by atoms with Crippen LogP contribution in [0.3, 0.4) is 0 Å². The Labute approximate surface area is 123 Å². The predicted molar refractivity (Wildman–Crippen MR) is 79.7 cm³/mol. The van der Waals surface area contributed by atoms with Crippen molar-refractivity contribution in [2.45, 2.75) is 30.6 Å². The molecular weight excluding hydrogens is 290 g/mol. The number of furan rings is 1. The number of sulfonamides is 1. The lowest BCUT2D eigenvalue weighted by Crippen LogP contribution is -2.37. The van der Waals surface area contributed by atoms with Crippen LogP contribution >= 0.6 is 0 Å². The van der Waals surface area contributed by atoms with Gasteiger partial charge < -0.3 is 9.32 Å². The first kappa shape index (κ1) is 13.1. The Morgan fingerprint density at radius 1 is 1.29 bits per heavy atom. The van der Waals surface area contributed by atoms with Gasteiger partial charge >= 0.3 is 0 Å². The van der Waals surface area contributed by atoms with Crippen LogP contribution in [0.2, 0.25) is 0 Å². The van der Waals surface area contributed by atoms with Crippen molar-refractivity contribution in [3.05, 3.63) is 24.6 Å². The first-order valence-electron chi connectivity index (χ1n) is 7.22. The lowest BCUT2D eigenvalue weighted by atomic mass is 10.3. The highest BCUT2D eigenvalue weighted by molar-refractivity contribution is 7.90. The number of anilines is 1. The summed E-state index contributed by atoms with van der Waals surface area (Å²) in [6, 6.07) is 3.86. The molecule has 0 bridgehead atoms. The van der Waals surface area contributed by atoms with Crippen LogP contribution in [0.1, 0.15) is 19.3 Å². The van der Waals surface area contributed by atoms with E-state index in [0.29, 0.717) is 19.5 Å². The van der Waals surface area contributed by atoms with Gasteiger partial charge in [0.05, 0.1) is 16.9 Å². The van der Waals surface area contributed by atoms with E-state index in [2.05, 4.69) is 9.71 Å². The maximum Gasteiger partial charge on any atom is 0.216 e. The Morgan fingerprint density at radius 2 is 2.14 bits per heavy atom. The summed E-state index contributed by atoms with van der Waals surface area (Å²) in [6.45, 7) is 1.19. The number of rotatable bonds is 4. The zero-order chi connectivity index (χ0) is 14.4. The van der Waals surface area contributed by atoms with Gasteiger partial charge in [-0.2, -0.15) is 0 Å². The average Bonchev–Trinajstić information content (AvgIpc) is 2.98. The van der Waals surface area contributed by atoms with Gasteiger partial charge in [-0.25, -0.2) is 18.1 Å². The molecule has 1 aliphatic heterocycles. The Hall–Kier alpha value is -1.60. The summed E-state index contributed by atoms with van der Waals surface area (Å²) < 4.78 is 32.8. The van der Waals surface area contributed by atoms with Crippen molar-refractivity contribution in [2.24, 2.45) is 0 Å².